The van der Waals surface area contributed by atoms with Crippen molar-refractivity contribution in [1.29, 1.82) is 0 Å². The molecular formula is C21H25N3O4. The van der Waals surface area contributed by atoms with E-state index in [1.807, 2.05) is 32.9 Å². The standard InChI is InChI=1S/C21H25N3O4/c1-12(22-10-18-14(3)23-28-24-18)11-26-19-9-8-16-15-6-4-5-7-17(15)21(25)27-20(16)13(19)2/h8-9,12,22H,4-7,10-11H2,1-3H3. The van der Waals surface area contributed by atoms with Gasteiger partial charge in [0.15, 0.2) is 0 Å². The number of hydrogen-bond donors (Lipinski definition) is 1. The van der Waals surface area contributed by atoms with E-state index in [1.54, 1.807) is 0 Å². The third kappa shape index (κ3) is 3.54. The predicted octanol–water partition coefficient (Wildman–Crippen LogP) is 3.23. The Labute approximate surface area is 163 Å². The SMILES string of the molecule is Cc1nonc1CNC(C)COc1ccc2c3c(c(=O)oc2c1C)CCCC3. The van der Waals surface area contributed by atoms with Gasteiger partial charge < -0.3 is 14.5 Å². The fourth-order valence-electron chi connectivity index (χ4n) is 3.74. The Morgan fingerprint density at radius 1 is 1.18 bits per heavy atom. The summed E-state index contributed by atoms with van der Waals surface area (Å²) in [5, 5.41) is 12.0. The molecule has 4 rings (SSSR count). The lowest BCUT2D eigenvalue weighted by Crippen LogP contribution is -2.31. The third-order valence-electron chi connectivity index (χ3n) is 5.44. The van der Waals surface area contributed by atoms with E-state index in [0.717, 1.165) is 64.9 Å². The van der Waals surface area contributed by atoms with Crippen LogP contribution in [0.2, 0.25) is 0 Å². The predicted molar refractivity (Wildman–Crippen MR) is 105 cm³/mol. The summed E-state index contributed by atoms with van der Waals surface area (Å²) in [5.41, 5.74) is 4.89. The summed E-state index contributed by atoms with van der Waals surface area (Å²) >= 11 is 0. The van der Waals surface area contributed by atoms with Gasteiger partial charge in [-0.05, 0) is 64.2 Å². The molecule has 0 saturated carbocycles. The number of nitrogens with zero attached hydrogens (tertiary/aromatic N) is 2. The summed E-state index contributed by atoms with van der Waals surface area (Å²) in [6, 6.07) is 4.10. The number of aryl methyl sites for hydroxylation is 3. The van der Waals surface area contributed by atoms with Gasteiger partial charge in [0.25, 0.3) is 0 Å². The summed E-state index contributed by atoms with van der Waals surface area (Å²) in [4.78, 5) is 12.4. The Balaban J connectivity index is 1.49. The highest BCUT2D eigenvalue weighted by molar-refractivity contribution is 5.86. The molecule has 1 N–H and O–H groups in total. The summed E-state index contributed by atoms with van der Waals surface area (Å²) in [7, 11) is 0. The van der Waals surface area contributed by atoms with E-state index in [4.69, 9.17) is 13.8 Å². The van der Waals surface area contributed by atoms with E-state index in [0.29, 0.717) is 18.7 Å². The first kappa shape index (κ1) is 18.7. The molecule has 0 spiro atoms. The van der Waals surface area contributed by atoms with E-state index in [9.17, 15) is 4.79 Å². The van der Waals surface area contributed by atoms with Crippen molar-refractivity contribution in [3.05, 3.63) is 50.6 Å². The van der Waals surface area contributed by atoms with Crippen LogP contribution in [0.1, 0.15) is 47.8 Å². The van der Waals surface area contributed by atoms with Crippen molar-refractivity contribution in [2.45, 2.75) is 59.0 Å². The molecule has 1 aliphatic rings. The minimum absolute atomic E-state index is 0.0988. The van der Waals surface area contributed by atoms with Crippen molar-refractivity contribution < 1.29 is 13.8 Å². The second kappa shape index (κ2) is 7.75. The van der Waals surface area contributed by atoms with Crippen molar-refractivity contribution in [2.24, 2.45) is 0 Å². The Morgan fingerprint density at radius 3 is 2.71 bits per heavy atom. The van der Waals surface area contributed by atoms with Crippen LogP contribution in [0.5, 0.6) is 5.75 Å². The largest absolute Gasteiger partial charge is 0.492 e. The Kier molecular flexibility index (Phi) is 5.17. The molecule has 0 radical (unpaired) electrons. The maximum Gasteiger partial charge on any atom is 0.339 e. The van der Waals surface area contributed by atoms with E-state index in [1.165, 1.54) is 0 Å². The average molecular weight is 383 g/mol. The van der Waals surface area contributed by atoms with Crippen LogP contribution < -0.4 is 15.7 Å². The topological polar surface area (TPSA) is 90.4 Å². The van der Waals surface area contributed by atoms with Gasteiger partial charge in [-0.25, -0.2) is 9.42 Å². The quantitative estimate of drug-likeness (QED) is 0.654. The van der Waals surface area contributed by atoms with Crippen molar-refractivity contribution in [2.75, 3.05) is 6.61 Å². The third-order valence-corrected chi connectivity index (χ3v) is 5.44. The normalized spacial score (nSPS) is 14.8. The maximum atomic E-state index is 12.4. The molecule has 0 amide bonds. The Bertz CT molecular complexity index is 1050. The van der Waals surface area contributed by atoms with Crippen molar-refractivity contribution in [3.63, 3.8) is 0 Å². The molecule has 0 aliphatic heterocycles. The van der Waals surface area contributed by atoms with E-state index < -0.39 is 0 Å². The second-order valence-corrected chi connectivity index (χ2v) is 7.51. The molecule has 1 unspecified atom stereocenters. The minimum atomic E-state index is -0.200. The van der Waals surface area contributed by atoms with Crippen molar-refractivity contribution >= 4 is 11.0 Å². The molecule has 7 nitrogen and oxygen atoms in total. The molecule has 1 aromatic carbocycles. The zero-order valence-electron chi connectivity index (χ0n) is 16.5. The molecule has 28 heavy (non-hydrogen) atoms. The number of rotatable bonds is 6. The molecule has 148 valence electrons. The second-order valence-electron chi connectivity index (χ2n) is 7.51. The van der Waals surface area contributed by atoms with Crippen molar-refractivity contribution in [3.8, 4) is 5.75 Å². The van der Waals surface area contributed by atoms with Crippen LogP contribution >= 0.6 is 0 Å². The molecule has 0 fully saturated rings. The summed E-state index contributed by atoms with van der Waals surface area (Å²) < 4.78 is 16.4. The van der Waals surface area contributed by atoms with Gasteiger partial charge in [0, 0.05) is 29.1 Å². The summed E-state index contributed by atoms with van der Waals surface area (Å²) in [6.07, 6.45) is 3.92. The number of fused-ring (bicyclic) bond motifs is 3. The van der Waals surface area contributed by atoms with Gasteiger partial charge in [0.1, 0.15) is 29.3 Å². The molecular weight excluding hydrogens is 358 g/mol. The van der Waals surface area contributed by atoms with Crippen LogP contribution in [-0.2, 0) is 19.4 Å². The molecule has 3 aromatic rings. The van der Waals surface area contributed by atoms with Gasteiger partial charge in [0.05, 0.1) is 0 Å². The number of aromatic nitrogens is 2. The van der Waals surface area contributed by atoms with Crippen LogP contribution in [0.3, 0.4) is 0 Å². The highest BCUT2D eigenvalue weighted by atomic mass is 16.6. The van der Waals surface area contributed by atoms with E-state index in [-0.39, 0.29) is 11.7 Å². The van der Waals surface area contributed by atoms with Gasteiger partial charge in [-0.3, -0.25) is 0 Å². The molecule has 1 aliphatic carbocycles. The fraction of sp³-hybridized carbons (Fsp3) is 0.476. The van der Waals surface area contributed by atoms with Crippen LogP contribution in [0.25, 0.3) is 11.0 Å². The lowest BCUT2D eigenvalue weighted by atomic mass is 9.90. The Morgan fingerprint density at radius 2 is 1.96 bits per heavy atom. The number of hydrogen-bond acceptors (Lipinski definition) is 7. The highest BCUT2D eigenvalue weighted by Gasteiger charge is 2.20. The first-order valence-electron chi connectivity index (χ1n) is 9.77. The molecule has 1 atom stereocenters. The number of benzene rings is 1. The van der Waals surface area contributed by atoms with Crippen LogP contribution in [0.4, 0.5) is 0 Å². The van der Waals surface area contributed by atoms with Gasteiger partial charge >= 0.3 is 5.63 Å². The lowest BCUT2D eigenvalue weighted by Gasteiger charge is -2.19. The van der Waals surface area contributed by atoms with Gasteiger partial charge in [-0.15, -0.1) is 0 Å². The first-order chi connectivity index (χ1) is 13.5. The van der Waals surface area contributed by atoms with Gasteiger partial charge in [-0.1, -0.05) is 10.3 Å². The lowest BCUT2D eigenvalue weighted by molar-refractivity contribution is 0.268. The van der Waals surface area contributed by atoms with Gasteiger partial charge in [0.2, 0.25) is 0 Å². The van der Waals surface area contributed by atoms with Crippen LogP contribution in [-0.4, -0.2) is 23.0 Å². The smallest absolute Gasteiger partial charge is 0.339 e. The molecule has 2 heterocycles. The van der Waals surface area contributed by atoms with Gasteiger partial charge in [-0.2, -0.15) is 0 Å². The maximum absolute atomic E-state index is 12.4. The van der Waals surface area contributed by atoms with E-state index in [2.05, 4.69) is 15.6 Å². The minimum Gasteiger partial charge on any atom is -0.492 e. The first-order valence-corrected chi connectivity index (χ1v) is 9.77. The fourth-order valence-corrected chi connectivity index (χ4v) is 3.74. The van der Waals surface area contributed by atoms with E-state index >= 15 is 0 Å². The molecule has 0 saturated heterocycles. The Hall–Kier alpha value is -2.67. The zero-order chi connectivity index (χ0) is 19.7. The monoisotopic (exact) mass is 383 g/mol. The number of ether oxygens (including phenoxy) is 1. The average Bonchev–Trinajstić information content (AvgIpc) is 3.11. The summed E-state index contributed by atoms with van der Waals surface area (Å²) in [5.74, 6) is 0.736. The molecule has 7 heteroatoms. The van der Waals surface area contributed by atoms with Crippen LogP contribution in [0.15, 0.2) is 26.0 Å². The molecule has 0 bridgehead atoms. The highest BCUT2D eigenvalue weighted by Crippen LogP contribution is 2.32. The molecule has 2 aromatic heterocycles. The zero-order valence-corrected chi connectivity index (χ0v) is 16.5. The summed E-state index contributed by atoms with van der Waals surface area (Å²) in [6.45, 7) is 6.89. The van der Waals surface area contributed by atoms with Crippen LogP contribution in [0, 0.1) is 13.8 Å². The van der Waals surface area contributed by atoms with Crippen molar-refractivity contribution in [1.82, 2.24) is 15.6 Å². The number of nitrogens with one attached hydrogen (secondary N) is 1.